The van der Waals surface area contributed by atoms with Crippen molar-refractivity contribution in [1.82, 2.24) is 15.1 Å². The van der Waals surface area contributed by atoms with Gasteiger partial charge in [0, 0.05) is 18.8 Å². The molecule has 1 fully saturated rings. The summed E-state index contributed by atoms with van der Waals surface area (Å²) in [6, 6.07) is 7.70. The maximum atomic E-state index is 6.10. The zero-order chi connectivity index (χ0) is 16.2. The molecule has 2 aromatic rings. The largest absolute Gasteiger partial charge is 0.376 e. The molecule has 0 bridgehead atoms. The third kappa shape index (κ3) is 4.27. The summed E-state index contributed by atoms with van der Waals surface area (Å²) in [6.45, 7) is 4.78. The fraction of sp³-hybridized carbons (Fsp3) is 0.471. The quantitative estimate of drug-likeness (QED) is 0.888. The van der Waals surface area contributed by atoms with Crippen LogP contribution in [-0.2, 0) is 11.2 Å². The van der Waals surface area contributed by atoms with Gasteiger partial charge in [0.25, 0.3) is 0 Å². The maximum absolute atomic E-state index is 6.10. The summed E-state index contributed by atoms with van der Waals surface area (Å²) in [6.07, 6.45) is 3.42. The number of hydrogen-bond acceptors (Lipinski definition) is 3. The molecule has 3 rings (SSSR count). The van der Waals surface area contributed by atoms with E-state index in [4.69, 9.17) is 33.0 Å². The number of hydrogen-bond donors (Lipinski definition) is 1. The molecule has 4 nitrogen and oxygen atoms in total. The van der Waals surface area contributed by atoms with Crippen LogP contribution in [0.2, 0.25) is 10.0 Å². The van der Waals surface area contributed by atoms with E-state index in [-0.39, 0.29) is 0 Å². The Balaban J connectivity index is 1.62. The Morgan fingerprint density at radius 1 is 1.30 bits per heavy atom. The van der Waals surface area contributed by atoms with Gasteiger partial charge in [-0.2, -0.15) is 5.10 Å². The molecule has 1 unspecified atom stereocenters. The van der Waals surface area contributed by atoms with Crippen LogP contribution in [0, 0.1) is 6.92 Å². The molecule has 0 amide bonds. The van der Waals surface area contributed by atoms with Gasteiger partial charge in [-0.25, -0.2) is 4.68 Å². The summed E-state index contributed by atoms with van der Waals surface area (Å²) in [7, 11) is 0. The second-order valence-electron chi connectivity index (χ2n) is 5.88. The molecular formula is C17H21Cl2N3O. The first-order valence-corrected chi connectivity index (χ1v) is 8.72. The van der Waals surface area contributed by atoms with E-state index < -0.39 is 0 Å². The molecule has 124 valence electrons. The lowest BCUT2D eigenvalue weighted by molar-refractivity contribution is 0.0225. The van der Waals surface area contributed by atoms with Crippen LogP contribution >= 0.6 is 23.2 Å². The molecule has 0 spiro atoms. The van der Waals surface area contributed by atoms with Gasteiger partial charge in [-0.3, -0.25) is 0 Å². The summed E-state index contributed by atoms with van der Waals surface area (Å²) in [5.74, 6) is 0. The number of benzene rings is 1. The third-order valence-corrected chi connectivity index (χ3v) is 4.79. The number of aromatic nitrogens is 2. The van der Waals surface area contributed by atoms with Gasteiger partial charge in [-0.15, -0.1) is 0 Å². The fourth-order valence-electron chi connectivity index (χ4n) is 2.85. The van der Waals surface area contributed by atoms with Crippen molar-refractivity contribution in [3.05, 3.63) is 45.7 Å². The van der Waals surface area contributed by atoms with Gasteiger partial charge in [0.1, 0.15) is 0 Å². The summed E-state index contributed by atoms with van der Waals surface area (Å²) in [5.41, 5.74) is 3.12. The number of nitrogens with one attached hydrogen (secondary N) is 1. The Bertz CT molecular complexity index is 666. The van der Waals surface area contributed by atoms with Crippen LogP contribution in [0.15, 0.2) is 24.3 Å². The third-order valence-electron chi connectivity index (χ3n) is 4.05. The molecule has 1 aromatic heterocycles. The van der Waals surface area contributed by atoms with E-state index in [0.717, 1.165) is 56.0 Å². The molecule has 1 aliphatic rings. The Kier molecular flexibility index (Phi) is 5.59. The molecule has 23 heavy (non-hydrogen) atoms. The molecule has 0 aliphatic carbocycles. The van der Waals surface area contributed by atoms with Crippen LogP contribution in [-0.4, -0.2) is 35.6 Å². The molecule has 1 aromatic carbocycles. The van der Waals surface area contributed by atoms with E-state index in [0.29, 0.717) is 16.1 Å². The van der Waals surface area contributed by atoms with Gasteiger partial charge < -0.3 is 10.1 Å². The lowest BCUT2D eigenvalue weighted by Crippen LogP contribution is -2.38. The van der Waals surface area contributed by atoms with E-state index in [2.05, 4.69) is 11.4 Å². The van der Waals surface area contributed by atoms with Crippen molar-refractivity contribution in [2.75, 3.05) is 19.7 Å². The zero-order valence-electron chi connectivity index (χ0n) is 13.2. The number of nitrogens with zero attached hydrogens (tertiary/aromatic N) is 2. The van der Waals surface area contributed by atoms with E-state index >= 15 is 0 Å². The average molecular weight is 354 g/mol. The Labute approximate surface area is 146 Å². The van der Waals surface area contributed by atoms with E-state index in [1.807, 2.05) is 23.7 Å². The molecule has 1 N–H and O–H groups in total. The Morgan fingerprint density at radius 2 is 2.17 bits per heavy atom. The van der Waals surface area contributed by atoms with Crippen LogP contribution in [0.25, 0.3) is 5.69 Å². The van der Waals surface area contributed by atoms with E-state index in [9.17, 15) is 0 Å². The van der Waals surface area contributed by atoms with E-state index in [1.54, 1.807) is 6.07 Å². The zero-order valence-corrected chi connectivity index (χ0v) is 14.7. The number of ether oxygens (including phenoxy) is 1. The van der Waals surface area contributed by atoms with Gasteiger partial charge in [-0.1, -0.05) is 23.2 Å². The maximum Gasteiger partial charge on any atom is 0.0700 e. The average Bonchev–Trinajstić information content (AvgIpc) is 2.92. The lowest BCUT2D eigenvalue weighted by atomic mass is 10.1. The topological polar surface area (TPSA) is 39.1 Å². The van der Waals surface area contributed by atoms with Crippen LogP contribution in [0.1, 0.15) is 24.2 Å². The lowest BCUT2D eigenvalue weighted by Gasteiger charge is -2.23. The van der Waals surface area contributed by atoms with Gasteiger partial charge in [0.15, 0.2) is 0 Å². The number of halogens is 2. The predicted octanol–water partition coefficient (Wildman–Crippen LogP) is 3.80. The molecule has 1 saturated heterocycles. The van der Waals surface area contributed by atoms with Crippen molar-refractivity contribution >= 4 is 23.2 Å². The first kappa shape index (κ1) is 16.8. The van der Waals surface area contributed by atoms with Gasteiger partial charge in [0.2, 0.25) is 0 Å². The first-order valence-electron chi connectivity index (χ1n) is 7.97. The van der Waals surface area contributed by atoms with Crippen molar-refractivity contribution in [1.29, 1.82) is 0 Å². The SMILES string of the molecule is Cc1cc(CCCC2CNCCO2)nn1-c1ccc(Cl)c(Cl)c1. The minimum atomic E-state index is 0.335. The molecular weight excluding hydrogens is 333 g/mol. The molecule has 1 aliphatic heterocycles. The molecule has 1 atom stereocenters. The molecule has 2 heterocycles. The van der Waals surface area contributed by atoms with Crippen LogP contribution in [0.4, 0.5) is 0 Å². The van der Waals surface area contributed by atoms with Crippen molar-refractivity contribution in [2.24, 2.45) is 0 Å². The summed E-state index contributed by atoms with van der Waals surface area (Å²) < 4.78 is 7.64. The summed E-state index contributed by atoms with van der Waals surface area (Å²) in [5, 5.41) is 9.15. The smallest absolute Gasteiger partial charge is 0.0700 e. The summed E-state index contributed by atoms with van der Waals surface area (Å²) >= 11 is 12.1. The standard InChI is InChI=1S/C17H21Cl2N3O/c1-12-9-13(3-2-4-15-11-20-7-8-23-15)21-22(12)14-5-6-16(18)17(19)10-14/h5-6,9-10,15,20H,2-4,7-8,11H2,1H3. The molecule has 6 heteroatoms. The Hall–Kier alpha value is -1.07. The van der Waals surface area contributed by atoms with E-state index in [1.165, 1.54) is 0 Å². The minimum absolute atomic E-state index is 0.335. The van der Waals surface area contributed by atoms with Crippen molar-refractivity contribution < 1.29 is 4.74 Å². The fourth-order valence-corrected chi connectivity index (χ4v) is 3.15. The second kappa shape index (κ2) is 7.67. The number of morpholine rings is 1. The monoisotopic (exact) mass is 353 g/mol. The number of aryl methyl sites for hydroxylation is 2. The van der Waals surface area contributed by atoms with Crippen molar-refractivity contribution in [3.63, 3.8) is 0 Å². The van der Waals surface area contributed by atoms with Crippen molar-refractivity contribution in [3.8, 4) is 5.69 Å². The highest BCUT2D eigenvalue weighted by atomic mass is 35.5. The van der Waals surface area contributed by atoms with Crippen LogP contribution in [0.5, 0.6) is 0 Å². The predicted molar refractivity (Wildman–Crippen MR) is 93.9 cm³/mol. The first-order chi connectivity index (χ1) is 11.1. The Morgan fingerprint density at radius 3 is 2.91 bits per heavy atom. The van der Waals surface area contributed by atoms with Crippen molar-refractivity contribution in [2.45, 2.75) is 32.3 Å². The van der Waals surface area contributed by atoms with Gasteiger partial charge in [0.05, 0.1) is 34.1 Å². The van der Waals surface area contributed by atoms with Crippen LogP contribution < -0.4 is 5.32 Å². The summed E-state index contributed by atoms with van der Waals surface area (Å²) in [4.78, 5) is 0. The van der Waals surface area contributed by atoms with Gasteiger partial charge >= 0.3 is 0 Å². The molecule has 0 saturated carbocycles. The molecule has 0 radical (unpaired) electrons. The highest BCUT2D eigenvalue weighted by Gasteiger charge is 2.13. The van der Waals surface area contributed by atoms with Crippen LogP contribution in [0.3, 0.4) is 0 Å². The minimum Gasteiger partial charge on any atom is -0.376 e. The second-order valence-corrected chi connectivity index (χ2v) is 6.69. The van der Waals surface area contributed by atoms with Gasteiger partial charge in [-0.05, 0) is 50.5 Å². The highest BCUT2D eigenvalue weighted by Crippen LogP contribution is 2.25. The highest BCUT2D eigenvalue weighted by molar-refractivity contribution is 6.42. The number of rotatable bonds is 5. The normalized spacial score (nSPS) is 18.3.